The van der Waals surface area contributed by atoms with Crippen molar-refractivity contribution in [3.63, 3.8) is 0 Å². The number of amides is 2. The smallest absolute Gasteiger partial charge is 0.255 e. The number of hydrogen-bond donors (Lipinski definition) is 8. The minimum Gasteiger partial charge on any atom is -0.508 e. The molecule has 0 aliphatic heterocycles. The number of carbonyl (C=O) groups is 4. The van der Waals surface area contributed by atoms with Crippen LogP contribution in [-0.2, 0) is 19.2 Å². The number of aliphatic hydroxyl groups is 4. The Balaban J connectivity index is 1.90. The number of fused-ring (bicyclic) bond motifs is 3. The largest absolute Gasteiger partial charge is 0.508 e. The molecular formula is C29H38N4O9. The van der Waals surface area contributed by atoms with E-state index in [2.05, 4.69) is 10.6 Å². The van der Waals surface area contributed by atoms with Crippen LogP contribution in [0.3, 0.4) is 0 Å². The fourth-order valence-electron chi connectivity index (χ4n) is 6.76. The molecule has 1 aromatic rings. The number of aliphatic hydroxyl groups excluding tert-OH is 3. The number of Topliss-reactive ketones (excluding diaryl/α,β-unsaturated/α-hetero) is 2. The summed E-state index contributed by atoms with van der Waals surface area (Å²) in [5.74, 6) is -10.0. The van der Waals surface area contributed by atoms with Crippen LogP contribution in [0.15, 0.2) is 29.0 Å². The van der Waals surface area contributed by atoms with Gasteiger partial charge in [-0.05, 0) is 51.0 Å². The molecule has 13 nitrogen and oxygen atoms in total. The van der Waals surface area contributed by atoms with Crippen LogP contribution in [0.1, 0.15) is 44.2 Å². The van der Waals surface area contributed by atoms with Crippen molar-refractivity contribution >= 4 is 34.8 Å². The number of rotatable bonds is 7. The quantitative estimate of drug-likeness (QED) is 0.158. The van der Waals surface area contributed by atoms with E-state index < -0.39 is 93.3 Å². The highest BCUT2D eigenvalue weighted by Gasteiger charge is 2.68. The number of likely N-dealkylation sites (N-methyl/N-ethyl adjacent to an activating group) is 2. The molecule has 0 bridgehead atoms. The van der Waals surface area contributed by atoms with Crippen LogP contribution < -0.4 is 16.4 Å². The van der Waals surface area contributed by atoms with Crippen LogP contribution >= 0.6 is 0 Å². The second kappa shape index (κ2) is 10.8. The van der Waals surface area contributed by atoms with Gasteiger partial charge in [0.05, 0.1) is 35.4 Å². The van der Waals surface area contributed by atoms with E-state index in [9.17, 15) is 44.7 Å². The first-order chi connectivity index (χ1) is 19.5. The molecule has 7 atom stereocenters. The Kier molecular flexibility index (Phi) is 8.02. The maximum atomic E-state index is 14.1. The Morgan fingerprint density at radius 3 is 2.29 bits per heavy atom. The summed E-state index contributed by atoms with van der Waals surface area (Å²) >= 11 is 0. The fourth-order valence-corrected chi connectivity index (χ4v) is 6.76. The molecule has 13 heteroatoms. The maximum Gasteiger partial charge on any atom is 0.255 e. The molecule has 228 valence electrons. The molecular weight excluding hydrogens is 548 g/mol. The van der Waals surface area contributed by atoms with Gasteiger partial charge in [0.25, 0.3) is 5.91 Å². The predicted molar refractivity (Wildman–Crippen MR) is 151 cm³/mol. The van der Waals surface area contributed by atoms with Crippen molar-refractivity contribution in [2.45, 2.75) is 56.9 Å². The summed E-state index contributed by atoms with van der Waals surface area (Å²) in [5.41, 5.74) is 0.940. The molecule has 0 aromatic heterocycles. The number of hydrogen-bond acceptors (Lipinski definition) is 11. The van der Waals surface area contributed by atoms with Crippen molar-refractivity contribution < 1.29 is 44.7 Å². The molecule has 0 heterocycles. The zero-order valence-electron chi connectivity index (χ0n) is 24.3. The zero-order chi connectivity index (χ0) is 31.6. The lowest BCUT2D eigenvalue weighted by molar-refractivity contribution is -0.169. The van der Waals surface area contributed by atoms with Gasteiger partial charge < -0.3 is 41.9 Å². The zero-order valence-corrected chi connectivity index (χ0v) is 24.3. The third-order valence-electron chi connectivity index (χ3n) is 8.76. The first-order valence-electron chi connectivity index (χ1n) is 13.7. The van der Waals surface area contributed by atoms with Crippen molar-refractivity contribution in [2.75, 3.05) is 26.5 Å². The van der Waals surface area contributed by atoms with Crippen LogP contribution in [-0.4, -0.2) is 98.7 Å². The summed E-state index contributed by atoms with van der Waals surface area (Å²) < 4.78 is 0. The topological polar surface area (TPSA) is 223 Å². The average Bonchev–Trinajstić information content (AvgIpc) is 2.90. The number of phenolic OH excluding ortho intramolecular Hbond substituents is 1. The van der Waals surface area contributed by atoms with Gasteiger partial charge in [-0.2, -0.15) is 0 Å². The van der Waals surface area contributed by atoms with Gasteiger partial charge in [-0.1, -0.05) is 26.8 Å². The van der Waals surface area contributed by atoms with E-state index in [4.69, 9.17) is 5.73 Å². The fraction of sp³-hybridized carbons (Fsp3) is 0.517. The van der Waals surface area contributed by atoms with E-state index in [1.807, 2.05) is 13.8 Å². The van der Waals surface area contributed by atoms with E-state index in [-0.39, 0.29) is 17.2 Å². The second-order valence-corrected chi connectivity index (χ2v) is 11.9. The van der Waals surface area contributed by atoms with Crippen LogP contribution in [0.4, 0.5) is 5.69 Å². The monoisotopic (exact) mass is 586 g/mol. The number of primary amides is 1. The molecule has 0 saturated heterocycles. The molecule has 1 saturated carbocycles. The number of phenols is 1. The van der Waals surface area contributed by atoms with E-state index in [1.54, 1.807) is 14.0 Å². The molecule has 5 unspecified atom stereocenters. The van der Waals surface area contributed by atoms with Crippen LogP contribution in [0.2, 0.25) is 0 Å². The number of nitrogens with one attached hydrogen (secondary N) is 2. The Bertz CT molecular complexity index is 1430. The summed E-state index contributed by atoms with van der Waals surface area (Å²) in [6, 6.07) is 0.970. The van der Waals surface area contributed by atoms with Gasteiger partial charge in [0.15, 0.2) is 11.4 Å². The Labute approximate surface area is 242 Å². The first-order valence-corrected chi connectivity index (χ1v) is 13.7. The molecule has 2 amide bonds. The molecule has 42 heavy (non-hydrogen) atoms. The summed E-state index contributed by atoms with van der Waals surface area (Å²) in [6.45, 7) is 5.53. The van der Waals surface area contributed by atoms with Gasteiger partial charge in [-0.3, -0.25) is 24.1 Å². The minimum absolute atomic E-state index is 0.0457. The lowest BCUT2D eigenvalue weighted by Crippen LogP contribution is -2.70. The van der Waals surface area contributed by atoms with Gasteiger partial charge in [0.1, 0.15) is 22.8 Å². The summed E-state index contributed by atoms with van der Waals surface area (Å²) in [7, 11) is 4.51. The highest BCUT2D eigenvalue weighted by molar-refractivity contribution is 6.24. The van der Waals surface area contributed by atoms with E-state index in [0.717, 1.165) is 0 Å². The number of nitrogens with two attached hydrogens (primary N) is 1. The molecule has 0 radical (unpaired) electrons. The normalized spacial score (nSPS) is 29.8. The Hall–Kier alpha value is -3.78. The third kappa shape index (κ3) is 4.39. The number of benzene rings is 1. The van der Waals surface area contributed by atoms with E-state index >= 15 is 0 Å². The SMILES string of the molecule is CN[C@@H](CC(C)C)C(=O)Nc1ccc2c(c1O)C(O)=C1C(=O)C3(O)C(O)=C(C(N)=O)C(=O)[C@@H](N(C)C)C3C(O)C1C2C. The number of carbonyl (C=O) groups excluding carboxylic acids is 4. The van der Waals surface area contributed by atoms with Gasteiger partial charge in [-0.15, -0.1) is 0 Å². The number of nitrogens with zero attached hydrogens (tertiary/aromatic N) is 1. The van der Waals surface area contributed by atoms with Gasteiger partial charge in [0, 0.05) is 11.5 Å². The van der Waals surface area contributed by atoms with E-state index in [0.29, 0.717) is 12.0 Å². The average molecular weight is 587 g/mol. The van der Waals surface area contributed by atoms with E-state index in [1.165, 1.54) is 31.1 Å². The highest BCUT2D eigenvalue weighted by atomic mass is 16.4. The highest BCUT2D eigenvalue weighted by Crippen LogP contribution is 2.56. The summed E-state index contributed by atoms with van der Waals surface area (Å²) in [6.07, 6.45) is -1.18. The third-order valence-corrected chi connectivity index (χ3v) is 8.76. The lowest BCUT2D eigenvalue weighted by Gasteiger charge is -2.53. The molecule has 9 N–H and O–H groups in total. The van der Waals surface area contributed by atoms with Crippen molar-refractivity contribution in [1.82, 2.24) is 10.2 Å². The maximum absolute atomic E-state index is 14.1. The van der Waals surface area contributed by atoms with Crippen LogP contribution in [0, 0.1) is 17.8 Å². The molecule has 3 aliphatic rings. The molecule has 1 aromatic carbocycles. The summed E-state index contributed by atoms with van der Waals surface area (Å²) in [4.78, 5) is 53.7. The Morgan fingerprint density at radius 1 is 1.14 bits per heavy atom. The van der Waals surface area contributed by atoms with Gasteiger partial charge >= 0.3 is 0 Å². The standard InChI is InChI=1S/C29H38N4O9/c1-10(2)9-14(31-4)28(41)32-13-8-7-12-11(3)15-17(22(35)16(12)21(13)34)25(38)29(42)19(23(15)36)20(33(5)6)24(37)18(26(29)39)27(30)40/h7-8,10-11,14-15,19-20,23,31,34-36,39,42H,9H2,1-6H3,(H2,30,40)(H,32,41)/t11?,14-,15?,19?,20-,23?,29?/m0/s1. The lowest BCUT2D eigenvalue weighted by atomic mass is 9.54. The Morgan fingerprint density at radius 2 is 1.76 bits per heavy atom. The van der Waals surface area contributed by atoms with Gasteiger partial charge in [0.2, 0.25) is 11.7 Å². The molecule has 0 spiro atoms. The first kappa shape index (κ1) is 31.2. The van der Waals surface area contributed by atoms with Crippen molar-refractivity contribution in [2.24, 2.45) is 23.5 Å². The van der Waals surface area contributed by atoms with Crippen LogP contribution in [0.5, 0.6) is 5.75 Å². The molecule has 3 aliphatic carbocycles. The predicted octanol–water partition coefficient (Wildman–Crippen LogP) is 0.0684. The number of anilines is 1. The van der Waals surface area contributed by atoms with Crippen molar-refractivity contribution in [3.05, 3.63) is 40.2 Å². The number of ketones is 2. The van der Waals surface area contributed by atoms with Gasteiger partial charge in [-0.25, -0.2) is 0 Å². The van der Waals surface area contributed by atoms with Crippen molar-refractivity contribution in [3.8, 4) is 5.75 Å². The second-order valence-electron chi connectivity index (χ2n) is 11.9. The molecule has 1 fully saturated rings. The van der Waals surface area contributed by atoms with Crippen LogP contribution in [0.25, 0.3) is 5.76 Å². The molecule has 4 rings (SSSR count). The summed E-state index contributed by atoms with van der Waals surface area (Å²) in [5, 5.41) is 62.6. The van der Waals surface area contributed by atoms with Crippen molar-refractivity contribution in [1.29, 1.82) is 0 Å². The minimum atomic E-state index is -3.00. The number of aromatic hydroxyl groups is 1.